The topological polar surface area (TPSA) is 93.1 Å². The Morgan fingerprint density at radius 1 is 0.939 bits per heavy atom. The number of nitrogens with zero attached hydrogens (tertiary/aromatic N) is 2. The minimum absolute atomic E-state index is 0.196. The molecule has 2 N–H and O–H groups in total. The molecule has 1 amide bonds. The number of aromatic nitrogens is 2. The number of sulfonamides is 1. The first kappa shape index (κ1) is 22.3. The van der Waals surface area contributed by atoms with Crippen LogP contribution in [0.2, 0.25) is 0 Å². The van der Waals surface area contributed by atoms with Crippen molar-refractivity contribution < 1.29 is 13.2 Å². The standard InChI is InChI=1S/C25H24N4O3S/c1-18-8-13-23(16-19(18)2)33(31,32)28-22-11-9-20(10-12-22)25(30)27-24-7-4-3-6-21(24)17-29-15-5-14-26-29/h3-16,28H,17H2,1-2H3,(H,27,30). The lowest BCUT2D eigenvalue weighted by Gasteiger charge is -2.12. The van der Waals surface area contributed by atoms with Crippen LogP contribution >= 0.6 is 0 Å². The van der Waals surface area contributed by atoms with Crippen LogP contribution in [-0.2, 0) is 16.6 Å². The second kappa shape index (κ2) is 9.30. The highest BCUT2D eigenvalue weighted by Gasteiger charge is 2.16. The molecule has 0 radical (unpaired) electrons. The fourth-order valence-corrected chi connectivity index (χ4v) is 4.47. The molecule has 0 saturated carbocycles. The lowest BCUT2D eigenvalue weighted by atomic mass is 10.1. The fraction of sp³-hybridized carbons (Fsp3) is 0.120. The third-order valence-electron chi connectivity index (χ3n) is 5.35. The first-order valence-electron chi connectivity index (χ1n) is 10.4. The van der Waals surface area contributed by atoms with Crippen LogP contribution in [0.5, 0.6) is 0 Å². The number of aryl methyl sites for hydroxylation is 2. The molecule has 0 atom stereocenters. The number of carbonyl (C=O) groups is 1. The molecule has 4 rings (SSSR count). The third-order valence-corrected chi connectivity index (χ3v) is 6.72. The molecule has 1 aromatic heterocycles. The molecule has 3 aromatic carbocycles. The summed E-state index contributed by atoms with van der Waals surface area (Å²) in [5.74, 6) is -0.286. The number of nitrogens with one attached hydrogen (secondary N) is 2. The minimum atomic E-state index is -3.72. The normalized spacial score (nSPS) is 11.2. The average molecular weight is 461 g/mol. The predicted molar refractivity (Wildman–Crippen MR) is 129 cm³/mol. The number of carbonyl (C=O) groups excluding carboxylic acids is 1. The van der Waals surface area contributed by atoms with Gasteiger partial charge in [-0.2, -0.15) is 5.10 Å². The van der Waals surface area contributed by atoms with E-state index in [2.05, 4.69) is 15.1 Å². The van der Waals surface area contributed by atoms with Gasteiger partial charge in [0.1, 0.15) is 0 Å². The van der Waals surface area contributed by atoms with E-state index < -0.39 is 10.0 Å². The number of hydrogen-bond donors (Lipinski definition) is 2. The molecule has 4 aromatic rings. The van der Waals surface area contributed by atoms with Crippen molar-refractivity contribution in [1.29, 1.82) is 0 Å². The lowest BCUT2D eigenvalue weighted by molar-refractivity contribution is 0.102. The maximum absolute atomic E-state index is 12.8. The van der Waals surface area contributed by atoms with Gasteiger partial charge in [0.05, 0.1) is 11.4 Å². The van der Waals surface area contributed by atoms with Crippen LogP contribution in [0.1, 0.15) is 27.0 Å². The molecule has 0 bridgehead atoms. The number of hydrogen-bond acceptors (Lipinski definition) is 4. The van der Waals surface area contributed by atoms with E-state index in [1.807, 2.05) is 50.4 Å². The molecule has 7 nitrogen and oxygen atoms in total. The number of rotatable bonds is 7. The zero-order chi connectivity index (χ0) is 23.4. The average Bonchev–Trinajstić information content (AvgIpc) is 3.30. The summed E-state index contributed by atoms with van der Waals surface area (Å²) < 4.78 is 29.7. The van der Waals surface area contributed by atoms with Crippen LogP contribution in [0.15, 0.2) is 90.1 Å². The summed E-state index contributed by atoms with van der Waals surface area (Å²) in [6, 6.07) is 20.7. The molecular formula is C25H24N4O3S. The van der Waals surface area contributed by atoms with Gasteiger partial charge in [-0.25, -0.2) is 8.42 Å². The molecule has 0 spiro atoms. The zero-order valence-electron chi connectivity index (χ0n) is 18.3. The molecule has 0 saturated heterocycles. The number of benzene rings is 3. The summed E-state index contributed by atoms with van der Waals surface area (Å²) in [5, 5.41) is 7.13. The van der Waals surface area contributed by atoms with Crippen LogP contribution in [-0.4, -0.2) is 24.1 Å². The molecule has 1 heterocycles. The quantitative estimate of drug-likeness (QED) is 0.421. The van der Waals surface area contributed by atoms with Gasteiger partial charge >= 0.3 is 0 Å². The van der Waals surface area contributed by atoms with Crippen LogP contribution in [0.25, 0.3) is 0 Å². The summed E-state index contributed by atoms with van der Waals surface area (Å²) in [4.78, 5) is 13.0. The van der Waals surface area contributed by atoms with Gasteiger partial charge in [0.2, 0.25) is 0 Å². The van der Waals surface area contributed by atoms with Gasteiger partial charge in [-0.3, -0.25) is 14.2 Å². The van der Waals surface area contributed by atoms with Crippen LogP contribution in [0.4, 0.5) is 11.4 Å². The summed E-state index contributed by atoms with van der Waals surface area (Å²) in [6.45, 7) is 4.33. The Hall–Kier alpha value is -3.91. The second-order valence-electron chi connectivity index (χ2n) is 7.74. The summed E-state index contributed by atoms with van der Waals surface area (Å²) in [7, 11) is -3.72. The van der Waals surface area contributed by atoms with E-state index in [-0.39, 0.29) is 10.8 Å². The van der Waals surface area contributed by atoms with Crippen molar-refractivity contribution in [3.63, 3.8) is 0 Å². The van der Waals surface area contributed by atoms with Crippen molar-refractivity contribution in [3.05, 3.63) is 107 Å². The van der Waals surface area contributed by atoms with Crippen LogP contribution < -0.4 is 10.0 Å². The van der Waals surface area contributed by atoms with Gasteiger partial charge in [-0.1, -0.05) is 24.3 Å². The molecule has 0 aliphatic carbocycles. The van der Waals surface area contributed by atoms with E-state index in [0.29, 0.717) is 23.5 Å². The second-order valence-corrected chi connectivity index (χ2v) is 9.43. The van der Waals surface area contributed by atoms with Crippen LogP contribution in [0, 0.1) is 13.8 Å². The van der Waals surface area contributed by atoms with E-state index in [9.17, 15) is 13.2 Å². The van der Waals surface area contributed by atoms with E-state index in [1.54, 1.807) is 53.3 Å². The lowest BCUT2D eigenvalue weighted by Crippen LogP contribution is -2.15. The Balaban J connectivity index is 1.46. The molecule has 0 aliphatic heterocycles. The summed E-state index contributed by atoms with van der Waals surface area (Å²) in [5.41, 5.74) is 4.33. The highest BCUT2D eigenvalue weighted by Crippen LogP contribution is 2.21. The van der Waals surface area contributed by atoms with Gasteiger partial charge in [-0.05, 0) is 79.1 Å². The maximum Gasteiger partial charge on any atom is 0.261 e. The van der Waals surface area contributed by atoms with Crippen LogP contribution in [0.3, 0.4) is 0 Å². The molecule has 33 heavy (non-hydrogen) atoms. The van der Waals surface area contributed by atoms with E-state index in [0.717, 1.165) is 16.7 Å². The van der Waals surface area contributed by atoms with Crippen molar-refractivity contribution in [2.75, 3.05) is 10.0 Å². The Morgan fingerprint density at radius 2 is 1.70 bits per heavy atom. The third kappa shape index (κ3) is 5.30. The fourth-order valence-electron chi connectivity index (χ4n) is 3.33. The molecule has 0 aliphatic rings. The van der Waals surface area contributed by atoms with Gasteiger partial charge in [0, 0.05) is 29.3 Å². The van der Waals surface area contributed by atoms with E-state index >= 15 is 0 Å². The molecule has 0 unspecified atom stereocenters. The summed E-state index contributed by atoms with van der Waals surface area (Å²) >= 11 is 0. The van der Waals surface area contributed by atoms with Gasteiger partial charge < -0.3 is 5.32 Å². The number of para-hydroxylation sites is 1. The van der Waals surface area contributed by atoms with Crippen molar-refractivity contribution >= 4 is 27.3 Å². The first-order chi connectivity index (χ1) is 15.8. The SMILES string of the molecule is Cc1ccc(S(=O)(=O)Nc2ccc(C(=O)Nc3ccccc3Cn3cccn3)cc2)cc1C. The van der Waals surface area contributed by atoms with Crippen molar-refractivity contribution in [1.82, 2.24) is 9.78 Å². The maximum atomic E-state index is 12.8. The molecule has 8 heteroatoms. The Bertz CT molecular complexity index is 1380. The largest absolute Gasteiger partial charge is 0.322 e. The number of amides is 1. The Morgan fingerprint density at radius 3 is 2.39 bits per heavy atom. The number of anilines is 2. The highest BCUT2D eigenvalue weighted by molar-refractivity contribution is 7.92. The van der Waals surface area contributed by atoms with E-state index in [1.165, 1.54) is 0 Å². The van der Waals surface area contributed by atoms with Gasteiger partial charge in [-0.15, -0.1) is 0 Å². The van der Waals surface area contributed by atoms with Crippen molar-refractivity contribution in [2.45, 2.75) is 25.3 Å². The first-order valence-corrected chi connectivity index (χ1v) is 11.9. The van der Waals surface area contributed by atoms with Gasteiger partial charge in [0.15, 0.2) is 0 Å². The summed E-state index contributed by atoms with van der Waals surface area (Å²) in [6.07, 6.45) is 3.56. The van der Waals surface area contributed by atoms with Crippen molar-refractivity contribution in [3.8, 4) is 0 Å². The predicted octanol–water partition coefficient (Wildman–Crippen LogP) is 4.60. The van der Waals surface area contributed by atoms with Gasteiger partial charge in [0.25, 0.3) is 15.9 Å². The monoisotopic (exact) mass is 460 g/mol. The Kier molecular flexibility index (Phi) is 6.28. The highest BCUT2D eigenvalue weighted by atomic mass is 32.2. The molecule has 0 fully saturated rings. The molecular weight excluding hydrogens is 436 g/mol. The molecule has 168 valence electrons. The van der Waals surface area contributed by atoms with E-state index in [4.69, 9.17) is 0 Å². The minimum Gasteiger partial charge on any atom is -0.322 e. The Labute approximate surface area is 193 Å². The zero-order valence-corrected chi connectivity index (χ0v) is 19.1. The smallest absolute Gasteiger partial charge is 0.261 e. The van der Waals surface area contributed by atoms with Crippen molar-refractivity contribution in [2.24, 2.45) is 0 Å².